The Hall–Kier alpha value is -1.60. The van der Waals surface area contributed by atoms with E-state index < -0.39 is 35.2 Å². The third kappa shape index (κ3) is 2.45. The lowest BCUT2D eigenvalue weighted by Gasteiger charge is -2.11. The van der Waals surface area contributed by atoms with Crippen LogP contribution in [0, 0.1) is 17.5 Å². The smallest absolute Gasteiger partial charge is 0.482 e. The van der Waals surface area contributed by atoms with Crippen molar-refractivity contribution in [3.63, 3.8) is 0 Å². The summed E-state index contributed by atoms with van der Waals surface area (Å²) < 4.78 is 72.9. The molecular weight excluding hydrogens is 228 g/mol. The van der Waals surface area contributed by atoms with Crippen LogP contribution in [0.2, 0.25) is 0 Å². The molecule has 0 aliphatic heterocycles. The lowest BCUT2D eigenvalue weighted by Crippen LogP contribution is -2.22. The number of halogens is 6. The van der Waals surface area contributed by atoms with E-state index in [1.54, 1.807) is 0 Å². The van der Waals surface area contributed by atoms with E-state index in [-0.39, 0.29) is 6.07 Å². The molecule has 0 saturated heterocycles. The predicted molar refractivity (Wildman–Crippen MR) is 37.7 cm³/mol. The van der Waals surface area contributed by atoms with Crippen LogP contribution in [-0.4, -0.2) is 11.4 Å². The molecule has 8 heteroatoms. The molecule has 0 saturated carbocycles. The van der Waals surface area contributed by atoms with Crippen molar-refractivity contribution >= 4 is 5.69 Å². The Balaban J connectivity index is 3.21. The summed E-state index contributed by atoms with van der Waals surface area (Å²) >= 11 is 0. The molecule has 2 N–H and O–H groups in total. The molecule has 0 aliphatic rings. The van der Waals surface area contributed by atoms with Crippen molar-refractivity contribution in [2.45, 2.75) is 6.30 Å². The van der Waals surface area contributed by atoms with Gasteiger partial charge in [0.25, 0.3) is 0 Å². The average molecular weight is 231 g/mol. The number of nitrogens with one attached hydrogen (secondary N) is 1. The first-order valence-electron chi connectivity index (χ1n) is 3.43. The molecule has 1 rings (SSSR count). The molecule has 0 unspecified atom stereocenters. The number of alkyl halides is 3. The van der Waals surface area contributed by atoms with Crippen molar-refractivity contribution in [1.82, 2.24) is 0 Å². The van der Waals surface area contributed by atoms with Crippen LogP contribution in [0.3, 0.4) is 0 Å². The van der Waals surface area contributed by atoms with Gasteiger partial charge < -0.3 is 5.11 Å². The molecule has 0 radical (unpaired) electrons. The quantitative estimate of drug-likeness (QED) is 0.337. The van der Waals surface area contributed by atoms with Crippen LogP contribution in [0.1, 0.15) is 0 Å². The first-order chi connectivity index (χ1) is 6.72. The van der Waals surface area contributed by atoms with Gasteiger partial charge in [-0.1, -0.05) is 0 Å². The highest BCUT2D eigenvalue weighted by Gasteiger charge is 2.30. The minimum Gasteiger partial charge on any atom is -0.503 e. The second kappa shape index (κ2) is 3.52. The molecule has 2 nitrogen and oxygen atoms in total. The predicted octanol–water partition coefficient (Wildman–Crippen LogP) is 2.74. The van der Waals surface area contributed by atoms with Gasteiger partial charge in [-0.05, 0) is 0 Å². The lowest BCUT2D eigenvalue weighted by atomic mass is 10.2. The van der Waals surface area contributed by atoms with Crippen LogP contribution in [0.4, 0.5) is 32.0 Å². The molecule has 84 valence electrons. The van der Waals surface area contributed by atoms with E-state index in [2.05, 4.69) is 0 Å². The van der Waals surface area contributed by atoms with Crippen LogP contribution in [-0.2, 0) is 0 Å². The SMILES string of the molecule is Oc1c(F)cc(NC(F)(F)F)c(F)c1F. The Morgan fingerprint density at radius 1 is 1.07 bits per heavy atom. The molecule has 0 bridgehead atoms. The summed E-state index contributed by atoms with van der Waals surface area (Å²) in [6.07, 6.45) is -5.03. The van der Waals surface area contributed by atoms with Gasteiger partial charge in [-0.3, -0.25) is 5.32 Å². The molecule has 0 atom stereocenters. The fourth-order valence-electron chi connectivity index (χ4n) is 0.829. The number of rotatable bonds is 1. The molecule has 0 aliphatic carbocycles. The van der Waals surface area contributed by atoms with Gasteiger partial charge in [0.15, 0.2) is 17.4 Å². The zero-order valence-corrected chi connectivity index (χ0v) is 6.79. The maximum absolute atomic E-state index is 12.7. The zero-order chi connectivity index (χ0) is 11.8. The minimum atomic E-state index is -5.03. The number of hydrogen-bond donors (Lipinski definition) is 2. The molecule has 1 aromatic rings. The van der Waals surface area contributed by atoms with E-state index in [0.717, 1.165) is 0 Å². The first-order valence-corrected chi connectivity index (χ1v) is 3.43. The van der Waals surface area contributed by atoms with Crippen LogP contribution in [0.25, 0.3) is 0 Å². The van der Waals surface area contributed by atoms with Crippen molar-refractivity contribution in [3.8, 4) is 5.75 Å². The van der Waals surface area contributed by atoms with Crippen LogP contribution in [0.5, 0.6) is 5.75 Å². The number of aromatic hydroxyl groups is 1. The molecule has 0 spiro atoms. The van der Waals surface area contributed by atoms with E-state index in [9.17, 15) is 26.3 Å². The molecule has 0 fully saturated rings. The third-order valence-corrected chi connectivity index (χ3v) is 1.41. The van der Waals surface area contributed by atoms with E-state index in [1.165, 1.54) is 0 Å². The third-order valence-electron chi connectivity index (χ3n) is 1.41. The average Bonchev–Trinajstić information content (AvgIpc) is 2.08. The second-order valence-electron chi connectivity index (χ2n) is 2.51. The molecule has 1 aromatic carbocycles. The summed E-state index contributed by atoms with van der Waals surface area (Å²) in [7, 11) is 0. The molecule has 0 heterocycles. The van der Waals surface area contributed by atoms with Gasteiger partial charge >= 0.3 is 6.30 Å². The minimum absolute atomic E-state index is 0.00123. The van der Waals surface area contributed by atoms with E-state index in [1.807, 2.05) is 0 Å². The summed E-state index contributed by atoms with van der Waals surface area (Å²) in [5, 5.41) is 9.10. The van der Waals surface area contributed by atoms with Gasteiger partial charge in [0.2, 0.25) is 5.82 Å². The summed E-state index contributed by atoms with van der Waals surface area (Å²) in [5.41, 5.74) is -1.43. The van der Waals surface area contributed by atoms with E-state index in [4.69, 9.17) is 5.11 Å². The van der Waals surface area contributed by atoms with Crippen LogP contribution < -0.4 is 5.32 Å². The fourth-order valence-corrected chi connectivity index (χ4v) is 0.829. The fraction of sp³-hybridized carbons (Fsp3) is 0.143. The van der Waals surface area contributed by atoms with Gasteiger partial charge in [0.05, 0.1) is 5.69 Å². The Kier molecular flexibility index (Phi) is 2.69. The maximum Gasteiger partial charge on any atom is 0.482 e. The zero-order valence-electron chi connectivity index (χ0n) is 6.79. The number of hydrogen-bond acceptors (Lipinski definition) is 2. The number of benzene rings is 1. The number of phenolic OH excluding ortho intramolecular Hbond substituents is 1. The Morgan fingerprint density at radius 3 is 2.07 bits per heavy atom. The van der Waals surface area contributed by atoms with Crippen LogP contribution >= 0.6 is 0 Å². The van der Waals surface area contributed by atoms with Crippen LogP contribution in [0.15, 0.2) is 6.07 Å². The van der Waals surface area contributed by atoms with Gasteiger partial charge in [-0.15, -0.1) is 0 Å². The lowest BCUT2D eigenvalue weighted by molar-refractivity contribution is -0.100. The standard InChI is InChI=1S/C7H3F6NO/c8-2-1-3(14-7(11,12)13)4(9)5(10)6(2)15/h1,14-15H. The van der Waals surface area contributed by atoms with Crippen molar-refractivity contribution in [2.24, 2.45) is 0 Å². The molecule has 15 heavy (non-hydrogen) atoms. The van der Waals surface area contributed by atoms with Crippen molar-refractivity contribution in [2.75, 3.05) is 5.32 Å². The Labute approximate surface area is 79.1 Å². The Morgan fingerprint density at radius 2 is 1.60 bits per heavy atom. The second-order valence-corrected chi connectivity index (χ2v) is 2.51. The molecule has 0 amide bonds. The largest absolute Gasteiger partial charge is 0.503 e. The summed E-state index contributed by atoms with van der Waals surface area (Å²) in [5.74, 6) is -7.45. The highest BCUT2D eigenvalue weighted by atomic mass is 19.4. The van der Waals surface area contributed by atoms with Gasteiger partial charge in [-0.2, -0.15) is 17.6 Å². The van der Waals surface area contributed by atoms with Gasteiger partial charge in [0, 0.05) is 6.07 Å². The summed E-state index contributed by atoms with van der Waals surface area (Å²) in [6.45, 7) is 0. The van der Waals surface area contributed by atoms with Gasteiger partial charge in [0.1, 0.15) is 0 Å². The Bertz CT molecular complexity index is 388. The summed E-state index contributed by atoms with van der Waals surface area (Å²) in [4.78, 5) is 0. The van der Waals surface area contributed by atoms with Crippen molar-refractivity contribution < 1.29 is 31.4 Å². The molecule has 0 aromatic heterocycles. The highest BCUT2D eigenvalue weighted by molar-refractivity contribution is 5.49. The van der Waals surface area contributed by atoms with Crippen molar-refractivity contribution in [1.29, 1.82) is 0 Å². The van der Waals surface area contributed by atoms with Crippen molar-refractivity contribution in [3.05, 3.63) is 23.5 Å². The topological polar surface area (TPSA) is 32.3 Å². The highest BCUT2D eigenvalue weighted by Crippen LogP contribution is 2.30. The maximum atomic E-state index is 12.7. The summed E-state index contributed by atoms with van der Waals surface area (Å²) in [6, 6.07) is 0.00123. The monoisotopic (exact) mass is 231 g/mol. The van der Waals surface area contributed by atoms with E-state index >= 15 is 0 Å². The van der Waals surface area contributed by atoms with E-state index in [0.29, 0.717) is 5.32 Å². The molecular formula is C7H3F6NO. The first kappa shape index (κ1) is 11.5. The number of anilines is 1. The van der Waals surface area contributed by atoms with Gasteiger partial charge in [-0.25, -0.2) is 8.78 Å². The normalized spacial score (nSPS) is 11.6. The number of phenols is 1.